The number of nitrogens with zero attached hydrogens (tertiary/aromatic N) is 1. The zero-order chi connectivity index (χ0) is 11.7. The lowest BCUT2D eigenvalue weighted by molar-refractivity contribution is 1.07. The maximum Gasteiger partial charge on any atom is 0.138 e. The fourth-order valence-corrected chi connectivity index (χ4v) is 1.94. The highest BCUT2D eigenvalue weighted by Gasteiger charge is 2.04. The van der Waals surface area contributed by atoms with Crippen LogP contribution in [-0.4, -0.2) is 9.97 Å². The van der Waals surface area contributed by atoms with Crippen LogP contribution in [0.1, 0.15) is 5.56 Å². The summed E-state index contributed by atoms with van der Waals surface area (Å²) in [6, 6.07) is 16.1. The Morgan fingerprint density at radius 3 is 2.76 bits per heavy atom. The third-order valence-corrected chi connectivity index (χ3v) is 2.83. The topological polar surface area (TPSA) is 54.7 Å². The minimum absolute atomic E-state index is 0.550. The van der Waals surface area contributed by atoms with Gasteiger partial charge in [0.15, 0.2) is 0 Å². The van der Waals surface area contributed by atoms with Gasteiger partial charge >= 0.3 is 0 Å². The minimum atomic E-state index is 0.550. The predicted octanol–water partition coefficient (Wildman–Crippen LogP) is 2.69. The molecule has 0 aliphatic heterocycles. The number of nitrogens with two attached hydrogens (primary N) is 1. The van der Waals surface area contributed by atoms with Gasteiger partial charge in [-0.15, -0.1) is 0 Å². The molecule has 0 aliphatic rings. The van der Waals surface area contributed by atoms with E-state index in [2.05, 4.69) is 16.0 Å². The number of H-pyrrole nitrogens is 1. The number of hydrogen-bond acceptors (Lipinski definition) is 2. The molecule has 0 radical (unpaired) electrons. The van der Waals surface area contributed by atoms with Crippen molar-refractivity contribution in [2.24, 2.45) is 5.73 Å². The summed E-state index contributed by atoms with van der Waals surface area (Å²) in [5.74, 6) is 0.890. The van der Waals surface area contributed by atoms with Crippen molar-refractivity contribution in [1.82, 2.24) is 9.97 Å². The molecule has 1 heterocycles. The molecule has 3 N–H and O–H groups in total. The average Bonchev–Trinajstić information content (AvgIpc) is 2.82. The molecule has 0 amide bonds. The molecular weight excluding hydrogens is 210 g/mol. The summed E-state index contributed by atoms with van der Waals surface area (Å²) >= 11 is 0. The van der Waals surface area contributed by atoms with Crippen molar-refractivity contribution in [1.29, 1.82) is 0 Å². The van der Waals surface area contributed by atoms with Crippen molar-refractivity contribution in [2.45, 2.75) is 6.54 Å². The maximum atomic E-state index is 5.64. The summed E-state index contributed by atoms with van der Waals surface area (Å²) in [6.45, 7) is 0.550. The van der Waals surface area contributed by atoms with Crippen LogP contribution in [0.25, 0.3) is 22.4 Å². The van der Waals surface area contributed by atoms with Gasteiger partial charge in [0.2, 0.25) is 0 Å². The number of aromatic amines is 1. The second-order valence-electron chi connectivity index (χ2n) is 4.01. The number of fused-ring (bicyclic) bond motifs is 1. The molecule has 3 heteroatoms. The number of nitrogens with one attached hydrogen (secondary N) is 1. The quantitative estimate of drug-likeness (QED) is 0.701. The molecule has 0 saturated carbocycles. The van der Waals surface area contributed by atoms with E-state index in [0.29, 0.717) is 6.54 Å². The van der Waals surface area contributed by atoms with Crippen LogP contribution in [0.2, 0.25) is 0 Å². The van der Waals surface area contributed by atoms with Crippen LogP contribution in [0.5, 0.6) is 0 Å². The Morgan fingerprint density at radius 2 is 1.94 bits per heavy atom. The molecule has 0 spiro atoms. The molecule has 0 saturated heterocycles. The fraction of sp³-hybridized carbons (Fsp3) is 0.0714. The standard InChI is InChI=1S/C14H13N3/c15-9-10-4-3-5-11(8-10)14-16-12-6-1-2-7-13(12)17-14/h1-8H,9,15H2,(H,16,17). The van der Waals surface area contributed by atoms with Crippen molar-refractivity contribution in [3.63, 3.8) is 0 Å². The van der Waals surface area contributed by atoms with E-state index in [1.165, 1.54) is 0 Å². The molecule has 0 bridgehead atoms. The molecule has 3 rings (SSSR count). The van der Waals surface area contributed by atoms with Crippen LogP contribution in [-0.2, 0) is 6.54 Å². The first-order valence-corrected chi connectivity index (χ1v) is 5.61. The van der Waals surface area contributed by atoms with E-state index in [4.69, 9.17) is 5.73 Å². The summed E-state index contributed by atoms with van der Waals surface area (Å²) in [5, 5.41) is 0. The Labute approximate surface area is 99.3 Å². The summed E-state index contributed by atoms with van der Waals surface area (Å²) in [6.07, 6.45) is 0. The van der Waals surface area contributed by atoms with Gasteiger partial charge in [-0.3, -0.25) is 0 Å². The second kappa shape index (κ2) is 4.03. The van der Waals surface area contributed by atoms with Crippen LogP contribution < -0.4 is 5.73 Å². The number of rotatable bonds is 2. The van der Waals surface area contributed by atoms with Gasteiger partial charge < -0.3 is 10.7 Å². The molecule has 0 unspecified atom stereocenters. The lowest BCUT2D eigenvalue weighted by atomic mass is 10.1. The molecule has 3 aromatic rings. The lowest BCUT2D eigenvalue weighted by Crippen LogP contribution is -1.95. The van der Waals surface area contributed by atoms with Gasteiger partial charge in [-0.2, -0.15) is 0 Å². The normalized spacial score (nSPS) is 10.9. The number of aromatic nitrogens is 2. The van der Waals surface area contributed by atoms with Gasteiger partial charge in [-0.05, 0) is 23.8 Å². The zero-order valence-electron chi connectivity index (χ0n) is 9.35. The number of hydrogen-bond donors (Lipinski definition) is 2. The van der Waals surface area contributed by atoms with Crippen LogP contribution in [0.4, 0.5) is 0 Å². The van der Waals surface area contributed by atoms with E-state index >= 15 is 0 Å². The third kappa shape index (κ3) is 1.81. The second-order valence-corrected chi connectivity index (χ2v) is 4.01. The van der Waals surface area contributed by atoms with E-state index in [0.717, 1.165) is 28.0 Å². The van der Waals surface area contributed by atoms with Crippen molar-refractivity contribution in [3.05, 3.63) is 54.1 Å². The fourth-order valence-electron chi connectivity index (χ4n) is 1.94. The van der Waals surface area contributed by atoms with Crippen LogP contribution in [0.3, 0.4) is 0 Å². The predicted molar refractivity (Wildman–Crippen MR) is 69.4 cm³/mol. The van der Waals surface area contributed by atoms with Crippen LogP contribution in [0.15, 0.2) is 48.5 Å². The van der Waals surface area contributed by atoms with Gasteiger partial charge in [0.25, 0.3) is 0 Å². The highest BCUT2D eigenvalue weighted by atomic mass is 14.9. The van der Waals surface area contributed by atoms with Crippen molar-refractivity contribution >= 4 is 11.0 Å². The summed E-state index contributed by atoms with van der Waals surface area (Å²) in [5.41, 5.74) is 9.87. The van der Waals surface area contributed by atoms with Crippen molar-refractivity contribution < 1.29 is 0 Å². The number of imidazole rings is 1. The minimum Gasteiger partial charge on any atom is -0.338 e. The third-order valence-electron chi connectivity index (χ3n) is 2.83. The van der Waals surface area contributed by atoms with Gasteiger partial charge in [-0.25, -0.2) is 4.98 Å². The van der Waals surface area contributed by atoms with Gasteiger partial charge in [0, 0.05) is 12.1 Å². The highest BCUT2D eigenvalue weighted by Crippen LogP contribution is 2.20. The SMILES string of the molecule is NCc1cccc(-c2nc3ccccc3[nH]2)c1. The van der Waals surface area contributed by atoms with Crippen LogP contribution in [0, 0.1) is 0 Å². The van der Waals surface area contributed by atoms with E-state index in [-0.39, 0.29) is 0 Å². The molecule has 84 valence electrons. The zero-order valence-corrected chi connectivity index (χ0v) is 9.35. The molecule has 3 nitrogen and oxygen atoms in total. The lowest BCUT2D eigenvalue weighted by Gasteiger charge is -1.99. The first kappa shape index (κ1) is 10.1. The van der Waals surface area contributed by atoms with Crippen molar-refractivity contribution in [2.75, 3.05) is 0 Å². The van der Waals surface area contributed by atoms with E-state index in [9.17, 15) is 0 Å². The molecule has 0 atom stereocenters. The molecule has 0 fully saturated rings. The molecule has 0 aliphatic carbocycles. The molecule has 2 aromatic carbocycles. The molecular formula is C14H13N3. The van der Waals surface area contributed by atoms with Gasteiger partial charge in [-0.1, -0.05) is 30.3 Å². The Kier molecular flexibility index (Phi) is 2.38. The van der Waals surface area contributed by atoms with E-state index in [1.807, 2.05) is 42.5 Å². The largest absolute Gasteiger partial charge is 0.338 e. The first-order chi connectivity index (χ1) is 8.36. The Hall–Kier alpha value is -2.13. The van der Waals surface area contributed by atoms with Crippen molar-refractivity contribution in [3.8, 4) is 11.4 Å². The number of para-hydroxylation sites is 2. The van der Waals surface area contributed by atoms with Gasteiger partial charge in [0.1, 0.15) is 5.82 Å². The Bertz CT molecular complexity index is 622. The maximum absolute atomic E-state index is 5.64. The molecule has 17 heavy (non-hydrogen) atoms. The summed E-state index contributed by atoms with van der Waals surface area (Å²) < 4.78 is 0. The molecule has 1 aromatic heterocycles. The van der Waals surface area contributed by atoms with E-state index in [1.54, 1.807) is 0 Å². The number of benzene rings is 2. The summed E-state index contributed by atoms with van der Waals surface area (Å²) in [7, 11) is 0. The van der Waals surface area contributed by atoms with E-state index < -0.39 is 0 Å². The monoisotopic (exact) mass is 223 g/mol. The Balaban J connectivity index is 2.13. The van der Waals surface area contributed by atoms with Gasteiger partial charge in [0.05, 0.1) is 11.0 Å². The average molecular weight is 223 g/mol. The Morgan fingerprint density at radius 1 is 1.06 bits per heavy atom. The van der Waals surface area contributed by atoms with Crippen LogP contribution >= 0.6 is 0 Å². The first-order valence-electron chi connectivity index (χ1n) is 5.61. The highest BCUT2D eigenvalue weighted by molar-refractivity contribution is 5.79. The summed E-state index contributed by atoms with van der Waals surface area (Å²) in [4.78, 5) is 7.87. The smallest absolute Gasteiger partial charge is 0.138 e.